The van der Waals surface area contributed by atoms with Gasteiger partial charge in [0.1, 0.15) is 5.76 Å². The highest BCUT2D eigenvalue weighted by atomic mass is 35.5. The van der Waals surface area contributed by atoms with Gasteiger partial charge in [-0.25, -0.2) is 12.8 Å². The van der Waals surface area contributed by atoms with Crippen molar-refractivity contribution in [2.24, 2.45) is 0 Å². The van der Waals surface area contributed by atoms with Crippen LogP contribution in [-0.4, -0.2) is 25.2 Å². The number of hydrogen-bond donors (Lipinski definition) is 1. The molecule has 3 rings (SSSR count). The average Bonchev–Trinajstić information content (AvgIpc) is 3.18. The van der Waals surface area contributed by atoms with E-state index in [-0.39, 0.29) is 22.2 Å². The summed E-state index contributed by atoms with van der Waals surface area (Å²) in [6.45, 7) is 1.14. The summed E-state index contributed by atoms with van der Waals surface area (Å²) in [5.74, 6) is -1.14. The van der Waals surface area contributed by atoms with E-state index in [2.05, 4.69) is 5.32 Å². The molecule has 0 aliphatic carbocycles. The summed E-state index contributed by atoms with van der Waals surface area (Å²) in [4.78, 5) is 12.5. The number of carbonyl (C=O) groups is 1. The Morgan fingerprint density at radius 2 is 1.86 bits per heavy atom. The van der Waals surface area contributed by atoms with Crippen LogP contribution in [0.2, 0.25) is 5.02 Å². The van der Waals surface area contributed by atoms with Crippen molar-refractivity contribution in [1.29, 1.82) is 0 Å². The van der Waals surface area contributed by atoms with Gasteiger partial charge in [0.05, 0.1) is 35.0 Å². The fraction of sp³-hybridized carbons (Fsp3) is 0.150. The van der Waals surface area contributed by atoms with Gasteiger partial charge in [0.2, 0.25) is 15.9 Å². The van der Waals surface area contributed by atoms with E-state index in [1.807, 2.05) is 6.92 Å². The summed E-state index contributed by atoms with van der Waals surface area (Å²) in [5, 5.41) is 2.21. The molecule has 0 aliphatic rings. The first-order valence-electron chi connectivity index (χ1n) is 8.60. The minimum absolute atomic E-state index is 0.0383. The van der Waals surface area contributed by atoms with Crippen molar-refractivity contribution in [2.75, 3.05) is 11.9 Å². The maximum absolute atomic E-state index is 14.0. The predicted molar refractivity (Wildman–Crippen MR) is 108 cm³/mol. The van der Waals surface area contributed by atoms with Gasteiger partial charge >= 0.3 is 0 Å². The third-order valence-electron chi connectivity index (χ3n) is 4.12. The normalized spacial score (nSPS) is 11.6. The number of sulfonamides is 1. The number of furan rings is 1. The molecular formula is C20H18ClFN2O4S. The van der Waals surface area contributed by atoms with Crippen molar-refractivity contribution in [2.45, 2.75) is 18.4 Å². The molecule has 0 radical (unpaired) electrons. The van der Waals surface area contributed by atoms with Gasteiger partial charge in [-0.3, -0.25) is 4.79 Å². The van der Waals surface area contributed by atoms with E-state index in [0.29, 0.717) is 5.76 Å². The first kappa shape index (κ1) is 21.0. The second kappa shape index (κ2) is 8.77. The van der Waals surface area contributed by atoms with Crippen molar-refractivity contribution >= 4 is 33.2 Å². The second-order valence-electron chi connectivity index (χ2n) is 6.32. The molecule has 1 heterocycles. The smallest absolute Gasteiger partial charge is 0.243 e. The van der Waals surface area contributed by atoms with Crippen LogP contribution in [-0.2, 0) is 21.4 Å². The number of hydrogen-bond acceptors (Lipinski definition) is 4. The predicted octanol–water partition coefficient (Wildman–Crippen LogP) is 4.21. The van der Waals surface area contributed by atoms with Gasteiger partial charge in [0.15, 0.2) is 5.82 Å². The number of rotatable bonds is 7. The molecule has 1 aromatic heterocycles. The molecule has 0 saturated carbocycles. The molecule has 0 fully saturated rings. The molecule has 0 bridgehead atoms. The van der Waals surface area contributed by atoms with Crippen molar-refractivity contribution in [3.05, 3.63) is 83.0 Å². The van der Waals surface area contributed by atoms with Gasteiger partial charge in [-0.15, -0.1) is 0 Å². The molecule has 1 amide bonds. The zero-order valence-electron chi connectivity index (χ0n) is 15.4. The van der Waals surface area contributed by atoms with Crippen molar-refractivity contribution in [1.82, 2.24) is 4.31 Å². The number of benzene rings is 2. The Morgan fingerprint density at radius 3 is 2.52 bits per heavy atom. The molecule has 9 heteroatoms. The van der Waals surface area contributed by atoms with E-state index in [1.54, 1.807) is 24.3 Å². The molecule has 2 aromatic carbocycles. The third-order valence-corrected chi connectivity index (χ3v) is 6.21. The largest absolute Gasteiger partial charge is 0.468 e. The van der Waals surface area contributed by atoms with Gasteiger partial charge in [-0.05, 0) is 43.3 Å². The Labute approximate surface area is 173 Å². The molecule has 0 spiro atoms. The first-order valence-corrected chi connectivity index (χ1v) is 10.4. The van der Waals surface area contributed by atoms with Crippen LogP contribution in [0.5, 0.6) is 0 Å². The Balaban J connectivity index is 1.86. The highest BCUT2D eigenvalue weighted by molar-refractivity contribution is 7.89. The topological polar surface area (TPSA) is 79.6 Å². The first-order chi connectivity index (χ1) is 13.8. The van der Waals surface area contributed by atoms with Gasteiger partial charge in [-0.2, -0.15) is 4.31 Å². The monoisotopic (exact) mass is 436 g/mol. The number of carbonyl (C=O) groups excluding carboxylic acids is 1. The van der Waals surface area contributed by atoms with E-state index in [9.17, 15) is 17.6 Å². The lowest BCUT2D eigenvalue weighted by atomic mass is 10.2. The highest BCUT2D eigenvalue weighted by Gasteiger charge is 2.28. The zero-order chi connectivity index (χ0) is 21.0. The molecule has 0 atom stereocenters. The van der Waals surface area contributed by atoms with Gasteiger partial charge in [-0.1, -0.05) is 35.4 Å². The molecule has 3 aromatic rings. The lowest BCUT2D eigenvalue weighted by Crippen LogP contribution is -2.37. The molecule has 152 valence electrons. The van der Waals surface area contributed by atoms with Crippen molar-refractivity contribution < 1.29 is 22.0 Å². The van der Waals surface area contributed by atoms with E-state index in [4.69, 9.17) is 16.0 Å². The lowest BCUT2D eigenvalue weighted by molar-refractivity contribution is -0.116. The Morgan fingerprint density at radius 1 is 1.14 bits per heavy atom. The third kappa shape index (κ3) is 5.03. The van der Waals surface area contributed by atoms with Crippen LogP contribution in [0.15, 0.2) is 70.2 Å². The van der Waals surface area contributed by atoms with Crippen LogP contribution in [0.1, 0.15) is 11.3 Å². The summed E-state index contributed by atoms with van der Waals surface area (Å²) < 4.78 is 46.4. The summed E-state index contributed by atoms with van der Waals surface area (Å²) in [7, 11) is -4.01. The molecule has 0 saturated heterocycles. The summed E-state index contributed by atoms with van der Waals surface area (Å²) in [6.07, 6.45) is 1.41. The van der Waals surface area contributed by atoms with Crippen LogP contribution in [0, 0.1) is 12.7 Å². The number of aryl methyl sites for hydroxylation is 1. The Kier molecular flexibility index (Phi) is 6.36. The van der Waals surface area contributed by atoms with E-state index in [1.165, 1.54) is 36.6 Å². The van der Waals surface area contributed by atoms with Gasteiger partial charge < -0.3 is 9.73 Å². The van der Waals surface area contributed by atoms with Crippen molar-refractivity contribution in [3.63, 3.8) is 0 Å². The highest BCUT2D eigenvalue weighted by Crippen LogP contribution is 2.23. The minimum atomic E-state index is -4.01. The molecule has 6 nitrogen and oxygen atoms in total. The number of anilines is 1. The fourth-order valence-electron chi connectivity index (χ4n) is 2.61. The molecular weight excluding hydrogens is 419 g/mol. The quantitative estimate of drug-likeness (QED) is 0.601. The van der Waals surface area contributed by atoms with Crippen LogP contribution in [0.4, 0.5) is 10.1 Å². The summed E-state index contributed by atoms with van der Waals surface area (Å²) in [5.41, 5.74) is 0.767. The van der Waals surface area contributed by atoms with E-state index >= 15 is 0 Å². The Bertz CT molecular complexity index is 1100. The second-order valence-corrected chi connectivity index (χ2v) is 8.66. The standard InChI is InChI=1S/C20H18ClFN2O4S/c1-14-7-9-16(10-8-14)29(26,27)24(12-15-4-3-11-28-15)13-19(25)23-18-6-2-5-17(21)20(18)22/h2-11H,12-13H2,1H3,(H,23,25). The van der Waals surface area contributed by atoms with Crippen LogP contribution < -0.4 is 5.32 Å². The average molecular weight is 437 g/mol. The van der Waals surface area contributed by atoms with Crippen LogP contribution >= 0.6 is 11.6 Å². The number of nitrogens with one attached hydrogen (secondary N) is 1. The van der Waals surface area contributed by atoms with E-state index < -0.39 is 28.3 Å². The molecule has 1 N–H and O–H groups in total. The number of nitrogens with zero attached hydrogens (tertiary/aromatic N) is 1. The maximum Gasteiger partial charge on any atom is 0.243 e. The van der Waals surface area contributed by atoms with Crippen LogP contribution in [0.25, 0.3) is 0 Å². The molecule has 0 unspecified atom stereocenters. The van der Waals surface area contributed by atoms with Gasteiger partial charge in [0.25, 0.3) is 0 Å². The van der Waals surface area contributed by atoms with Crippen LogP contribution in [0.3, 0.4) is 0 Å². The SMILES string of the molecule is Cc1ccc(S(=O)(=O)N(CC(=O)Nc2cccc(Cl)c2F)Cc2ccco2)cc1. The number of amides is 1. The van der Waals surface area contributed by atoms with Crippen molar-refractivity contribution in [3.8, 4) is 0 Å². The Hall–Kier alpha value is -2.68. The molecule has 0 aliphatic heterocycles. The summed E-state index contributed by atoms with van der Waals surface area (Å²) in [6, 6.07) is 13.6. The van der Waals surface area contributed by atoms with E-state index in [0.717, 1.165) is 9.87 Å². The summed E-state index contributed by atoms with van der Waals surface area (Å²) >= 11 is 5.72. The zero-order valence-corrected chi connectivity index (χ0v) is 17.0. The maximum atomic E-state index is 14.0. The number of halogens is 2. The van der Waals surface area contributed by atoms with Gasteiger partial charge in [0, 0.05) is 0 Å². The lowest BCUT2D eigenvalue weighted by Gasteiger charge is -2.21. The minimum Gasteiger partial charge on any atom is -0.468 e. The fourth-order valence-corrected chi connectivity index (χ4v) is 4.15. The molecule has 29 heavy (non-hydrogen) atoms.